The fourth-order valence-corrected chi connectivity index (χ4v) is 8.39. The molecular formula is C65H112O6. The van der Waals surface area contributed by atoms with Gasteiger partial charge in [-0.1, -0.05) is 266 Å². The number of unbranched alkanes of at least 4 members (excludes halogenated alkanes) is 29. The maximum absolute atomic E-state index is 12.9. The molecule has 0 aromatic heterocycles. The number of carbonyl (C=O) groups is 3. The van der Waals surface area contributed by atoms with Gasteiger partial charge < -0.3 is 14.2 Å². The zero-order chi connectivity index (χ0) is 51.4. The molecule has 0 saturated heterocycles. The van der Waals surface area contributed by atoms with Crippen LogP contribution in [0.3, 0.4) is 0 Å². The van der Waals surface area contributed by atoms with Crippen molar-refractivity contribution < 1.29 is 28.6 Å². The minimum absolute atomic E-state index is 0.0875. The zero-order valence-electron chi connectivity index (χ0n) is 46.7. The van der Waals surface area contributed by atoms with E-state index in [0.29, 0.717) is 19.3 Å². The van der Waals surface area contributed by atoms with E-state index in [-0.39, 0.29) is 31.1 Å². The Bertz CT molecular complexity index is 1370. The van der Waals surface area contributed by atoms with E-state index in [1.165, 1.54) is 128 Å². The average Bonchev–Trinajstić information content (AvgIpc) is 3.37. The van der Waals surface area contributed by atoms with Gasteiger partial charge in [0.25, 0.3) is 0 Å². The molecule has 0 spiro atoms. The van der Waals surface area contributed by atoms with Gasteiger partial charge in [0, 0.05) is 19.3 Å². The Morgan fingerprint density at radius 2 is 0.577 bits per heavy atom. The molecule has 0 saturated carbocycles. The summed E-state index contributed by atoms with van der Waals surface area (Å²) in [5.41, 5.74) is 0. The molecule has 0 aliphatic rings. The van der Waals surface area contributed by atoms with E-state index in [1.54, 1.807) is 0 Å². The Labute approximate surface area is 439 Å². The van der Waals surface area contributed by atoms with Crippen molar-refractivity contribution in [3.8, 4) is 0 Å². The van der Waals surface area contributed by atoms with Gasteiger partial charge in [-0.3, -0.25) is 14.4 Å². The molecule has 1 atom stereocenters. The summed E-state index contributed by atoms with van der Waals surface area (Å²) < 4.78 is 16.8. The van der Waals surface area contributed by atoms with Crippen LogP contribution in [0.15, 0.2) is 85.1 Å². The van der Waals surface area contributed by atoms with E-state index >= 15 is 0 Å². The molecular weight excluding hydrogens is 877 g/mol. The Morgan fingerprint density at radius 1 is 0.296 bits per heavy atom. The third-order valence-electron chi connectivity index (χ3n) is 12.9. The first kappa shape index (κ1) is 67.6. The first-order valence-corrected chi connectivity index (χ1v) is 30.1. The second kappa shape index (κ2) is 59.2. The van der Waals surface area contributed by atoms with Crippen molar-refractivity contribution in [3.63, 3.8) is 0 Å². The van der Waals surface area contributed by atoms with Crippen LogP contribution in [-0.2, 0) is 28.6 Å². The topological polar surface area (TPSA) is 78.9 Å². The monoisotopic (exact) mass is 989 g/mol. The lowest BCUT2D eigenvalue weighted by molar-refractivity contribution is -0.167. The molecule has 0 rings (SSSR count). The van der Waals surface area contributed by atoms with E-state index in [0.717, 1.165) is 122 Å². The van der Waals surface area contributed by atoms with Crippen LogP contribution >= 0.6 is 0 Å². The highest BCUT2D eigenvalue weighted by molar-refractivity contribution is 5.71. The van der Waals surface area contributed by atoms with Gasteiger partial charge in [-0.25, -0.2) is 0 Å². The summed E-state index contributed by atoms with van der Waals surface area (Å²) in [4.78, 5) is 38.1. The van der Waals surface area contributed by atoms with E-state index in [2.05, 4.69) is 106 Å². The van der Waals surface area contributed by atoms with Gasteiger partial charge >= 0.3 is 17.9 Å². The molecule has 0 radical (unpaired) electrons. The van der Waals surface area contributed by atoms with Crippen LogP contribution in [0.1, 0.15) is 290 Å². The van der Waals surface area contributed by atoms with E-state index in [1.807, 2.05) is 0 Å². The molecule has 0 fully saturated rings. The molecule has 6 heteroatoms. The molecule has 408 valence electrons. The van der Waals surface area contributed by atoms with Crippen LogP contribution in [0.5, 0.6) is 0 Å². The quantitative estimate of drug-likeness (QED) is 0.0261. The standard InChI is InChI=1S/C65H112O6/c1-4-7-10-13-16-19-22-24-26-28-30-32-33-34-36-37-39-41-43-46-49-52-55-58-64(67)70-61-62(60-69-63(66)57-54-51-48-45-21-18-15-12-9-6-3)71-65(68)59-56-53-50-47-44-42-40-38-35-31-29-27-25-23-20-17-14-11-8-5-2/h7,10,12,15-16,19,24,26,30,32,34,36,39,41,62H,4-6,8-9,11,13-14,17-18,20-23,25,27-29,31,33,35,37-38,40,42-61H2,1-3H3/b10-7-,15-12-,19-16-,26-24-,32-30-,36-34-,41-39-. The molecule has 71 heavy (non-hydrogen) atoms. The van der Waals surface area contributed by atoms with Crippen molar-refractivity contribution in [1.82, 2.24) is 0 Å². The summed E-state index contributed by atoms with van der Waals surface area (Å²) in [7, 11) is 0. The van der Waals surface area contributed by atoms with Crippen LogP contribution < -0.4 is 0 Å². The van der Waals surface area contributed by atoms with Crippen molar-refractivity contribution in [3.05, 3.63) is 85.1 Å². The first-order chi connectivity index (χ1) is 35.0. The smallest absolute Gasteiger partial charge is 0.306 e. The molecule has 0 bridgehead atoms. The largest absolute Gasteiger partial charge is 0.462 e. The summed E-state index contributed by atoms with van der Waals surface area (Å²) >= 11 is 0. The summed E-state index contributed by atoms with van der Waals surface area (Å²) in [6.07, 6.45) is 77.3. The summed E-state index contributed by atoms with van der Waals surface area (Å²) in [5.74, 6) is -0.914. The van der Waals surface area contributed by atoms with Crippen molar-refractivity contribution in [2.45, 2.75) is 297 Å². The molecule has 1 unspecified atom stereocenters. The molecule has 0 amide bonds. The number of esters is 3. The number of rotatable bonds is 54. The average molecular weight is 990 g/mol. The van der Waals surface area contributed by atoms with E-state index < -0.39 is 6.10 Å². The normalized spacial score (nSPS) is 12.7. The Balaban J connectivity index is 4.33. The van der Waals surface area contributed by atoms with Gasteiger partial charge in [0.05, 0.1) is 0 Å². The number of allylic oxidation sites excluding steroid dienone is 14. The maximum Gasteiger partial charge on any atom is 0.306 e. The summed E-state index contributed by atoms with van der Waals surface area (Å²) in [6, 6.07) is 0. The fourth-order valence-electron chi connectivity index (χ4n) is 8.39. The van der Waals surface area contributed by atoms with Crippen LogP contribution in [-0.4, -0.2) is 37.2 Å². The van der Waals surface area contributed by atoms with Crippen molar-refractivity contribution in [2.24, 2.45) is 0 Å². The molecule has 6 nitrogen and oxygen atoms in total. The molecule has 0 heterocycles. The number of hydrogen-bond donors (Lipinski definition) is 0. The SMILES string of the molecule is CC/C=C\C/C=C\C/C=C\C/C=C\C/C=C\C/C=C\CCCCCCC(=O)OCC(COC(=O)CCCCCCC/C=C\CCC)OC(=O)CCCCCCCCCCCCCCCCCCCCCC. The van der Waals surface area contributed by atoms with Crippen LogP contribution in [0.2, 0.25) is 0 Å². The molecule has 0 aliphatic heterocycles. The highest BCUT2D eigenvalue weighted by Crippen LogP contribution is 2.16. The number of hydrogen-bond acceptors (Lipinski definition) is 6. The van der Waals surface area contributed by atoms with Crippen molar-refractivity contribution in [1.29, 1.82) is 0 Å². The van der Waals surface area contributed by atoms with Gasteiger partial charge in [-0.15, -0.1) is 0 Å². The third kappa shape index (κ3) is 57.4. The summed E-state index contributed by atoms with van der Waals surface area (Å²) in [6.45, 7) is 6.46. The van der Waals surface area contributed by atoms with Gasteiger partial charge in [0.1, 0.15) is 13.2 Å². The Kier molecular flexibility index (Phi) is 56.3. The minimum atomic E-state index is -0.789. The second-order valence-electron chi connectivity index (χ2n) is 19.9. The van der Waals surface area contributed by atoms with Gasteiger partial charge in [0.15, 0.2) is 6.10 Å². The zero-order valence-corrected chi connectivity index (χ0v) is 46.7. The summed E-state index contributed by atoms with van der Waals surface area (Å²) in [5, 5.41) is 0. The Hall–Kier alpha value is -3.41. The maximum atomic E-state index is 12.9. The van der Waals surface area contributed by atoms with Gasteiger partial charge in [-0.2, -0.15) is 0 Å². The minimum Gasteiger partial charge on any atom is -0.462 e. The van der Waals surface area contributed by atoms with Crippen LogP contribution in [0, 0.1) is 0 Å². The second-order valence-corrected chi connectivity index (χ2v) is 19.9. The molecule has 0 aromatic rings. The number of ether oxygens (including phenoxy) is 3. The lowest BCUT2D eigenvalue weighted by Gasteiger charge is -2.18. The van der Waals surface area contributed by atoms with Gasteiger partial charge in [0.2, 0.25) is 0 Å². The molecule has 0 aromatic carbocycles. The van der Waals surface area contributed by atoms with Gasteiger partial charge in [-0.05, 0) is 89.9 Å². The number of carbonyl (C=O) groups excluding carboxylic acids is 3. The highest BCUT2D eigenvalue weighted by atomic mass is 16.6. The van der Waals surface area contributed by atoms with Crippen LogP contribution in [0.4, 0.5) is 0 Å². The highest BCUT2D eigenvalue weighted by Gasteiger charge is 2.19. The molecule has 0 aliphatic carbocycles. The van der Waals surface area contributed by atoms with Crippen molar-refractivity contribution >= 4 is 17.9 Å². The third-order valence-corrected chi connectivity index (χ3v) is 12.9. The van der Waals surface area contributed by atoms with Crippen LogP contribution in [0.25, 0.3) is 0 Å². The Morgan fingerprint density at radius 3 is 0.930 bits per heavy atom. The predicted molar refractivity (Wildman–Crippen MR) is 307 cm³/mol. The fraction of sp³-hybridized carbons (Fsp3) is 0.738. The lowest BCUT2D eigenvalue weighted by Crippen LogP contribution is -2.30. The predicted octanol–water partition coefficient (Wildman–Crippen LogP) is 20.3. The van der Waals surface area contributed by atoms with E-state index in [4.69, 9.17) is 14.2 Å². The lowest BCUT2D eigenvalue weighted by atomic mass is 10.0. The first-order valence-electron chi connectivity index (χ1n) is 30.1. The van der Waals surface area contributed by atoms with E-state index in [9.17, 15) is 14.4 Å². The van der Waals surface area contributed by atoms with Crippen molar-refractivity contribution in [2.75, 3.05) is 13.2 Å². The molecule has 0 N–H and O–H groups in total.